The molecule has 0 aliphatic heterocycles. The highest BCUT2D eigenvalue weighted by Crippen LogP contribution is 2.12. The van der Waals surface area contributed by atoms with Gasteiger partial charge in [-0.25, -0.2) is 4.79 Å². The maximum absolute atomic E-state index is 13.3. The monoisotopic (exact) mass is 546 g/mol. The summed E-state index contributed by atoms with van der Waals surface area (Å²) in [7, 11) is 0. The topological polar surface area (TPSA) is 208 Å². The number of benzene rings is 2. The second-order valence-corrected chi connectivity index (χ2v) is 8.83. The van der Waals surface area contributed by atoms with Crippen molar-refractivity contribution in [1.29, 1.82) is 0 Å². The number of thiol groups is 1. The lowest BCUT2D eigenvalue weighted by atomic mass is 10.0. The van der Waals surface area contributed by atoms with Gasteiger partial charge in [0.05, 0.1) is 12.5 Å². The van der Waals surface area contributed by atoms with Crippen molar-refractivity contribution in [3.05, 3.63) is 65.7 Å². The molecular formula is C25H30N4O8S. The number of hydrogen-bond acceptors (Lipinski definition) is 8. The quantitative estimate of drug-likeness (QED) is 0.143. The molecular weight excluding hydrogens is 516 g/mol. The summed E-state index contributed by atoms with van der Waals surface area (Å²) < 4.78 is 0. The predicted molar refractivity (Wildman–Crippen MR) is 139 cm³/mol. The van der Waals surface area contributed by atoms with Crippen LogP contribution in [0.25, 0.3) is 0 Å². The first-order chi connectivity index (χ1) is 18.0. The van der Waals surface area contributed by atoms with E-state index in [0.717, 1.165) is 0 Å². The van der Waals surface area contributed by atoms with Crippen LogP contribution in [0.4, 0.5) is 0 Å². The molecule has 0 fully saturated rings. The molecule has 4 atom stereocenters. The number of carboxylic acids is 2. The lowest BCUT2D eigenvalue weighted by Crippen LogP contribution is -2.58. The zero-order valence-corrected chi connectivity index (χ0v) is 21.1. The summed E-state index contributed by atoms with van der Waals surface area (Å²) in [5.41, 5.74) is 6.95. The zero-order valence-electron chi connectivity index (χ0n) is 20.2. The van der Waals surface area contributed by atoms with E-state index in [1.807, 2.05) is 0 Å². The van der Waals surface area contributed by atoms with Crippen molar-refractivity contribution in [3.8, 4) is 5.75 Å². The number of nitrogens with one attached hydrogen (secondary N) is 3. The molecule has 8 N–H and O–H groups in total. The Bertz CT molecular complexity index is 1130. The standard InChI is InChI=1S/C25H30N4O8S/c26-17(13-38)22(33)27-18(11-15-6-8-16(30)9-7-15)23(34)28-19(10-14-4-2-1-3-5-14)24(35)29-20(25(36)37)12-21(31)32/h1-9,17-20,30,38H,10-13,26H2,(H,27,33)(H,28,34)(H,29,35)(H,31,32)(H,36,37). The predicted octanol–water partition coefficient (Wildman–Crippen LogP) is -0.552. The van der Waals surface area contributed by atoms with Gasteiger partial charge in [0.25, 0.3) is 0 Å². The summed E-state index contributed by atoms with van der Waals surface area (Å²) in [6.07, 6.45) is -0.935. The molecule has 2 aromatic rings. The van der Waals surface area contributed by atoms with Gasteiger partial charge in [-0.1, -0.05) is 42.5 Å². The number of aromatic hydroxyl groups is 1. The molecule has 0 aromatic heterocycles. The molecule has 0 aliphatic carbocycles. The molecule has 12 nitrogen and oxygen atoms in total. The minimum Gasteiger partial charge on any atom is -0.508 e. The maximum atomic E-state index is 13.3. The zero-order chi connectivity index (χ0) is 28.2. The fourth-order valence-corrected chi connectivity index (χ4v) is 3.58. The largest absolute Gasteiger partial charge is 0.508 e. The number of phenolic OH excluding ortho intramolecular Hbond substituents is 1. The Morgan fingerprint density at radius 1 is 0.737 bits per heavy atom. The Hall–Kier alpha value is -4.10. The summed E-state index contributed by atoms with van der Waals surface area (Å²) in [5.74, 6) is -5.31. The molecule has 0 heterocycles. The molecule has 4 unspecified atom stereocenters. The van der Waals surface area contributed by atoms with Crippen LogP contribution in [0.1, 0.15) is 17.5 Å². The molecule has 2 aromatic carbocycles. The third-order valence-electron chi connectivity index (χ3n) is 5.45. The lowest BCUT2D eigenvalue weighted by Gasteiger charge is -2.25. The van der Waals surface area contributed by atoms with Crippen LogP contribution in [0.15, 0.2) is 54.6 Å². The Morgan fingerprint density at radius 2 is 1.21 bits per heavy atom. The number of amides is 3. The van der Waals surface area contributed by atoms with Crippen molar-refractivity contribution in [1.82, 2.24) is 16.0 Å². The van der Waals surface area contributed by atoms with Crippen molar-refractivity contribution in [3.63, 3.8) is 0 Å². The highest BCUT2D eigenvalue weighted by Gasteiger charge is 2.31. The SMILES string of the molecule is NC(CS)C(=O)NC(Cc1ccc(O)cc1)C(=O)NC(Cc1ccccc1)C(=O)NC(CC(=O)O)C(=O)O. The fourth-order valence-electron chi connectivity index (χ4n) is 3.42. The summed E-state index contributed by atoms with van der Waals surface area (Å²) >= 11 is 3.99. The van der Waals surface area contributed by atoms with Crippen LogP contribution in [0, 0.1) is 0 Å². The number of rotatable bonds is 14. The van der Waals surface area contributed by atoms with Crippen LogP contribution in [0.3, 0.4) is 0 Å². The van der Waals surface area contributed by atoms with E-state index in [-0.39, 0.29) is 24.3 Å². The van der Waals surface area contributed by atoms with E-state index in [2.05, 4.69) is 28.6 Å². The van der Waals surface area contributed by atoms with E-state index >= 15 is 0 Å². The van der Waals surface area contributed by atoms with Gasteiger partial charge in [-0.2, -0.15) is 12.6 Å². The molecule has 0 bridgehead atoms. The third kappa shape index (κ3) is 9.75. The van der Waals surface area contributed by atoms with Crippen molar-refractivity contribution in [2.24, 2.45) is 5.73 Å². The van der Waals surface area contributed by atoms with Gasteiger partial charge in [0.15, 0.2) is 0 Å². The van der Waals surface area contributed by atoms with Crippen molar-refractivity contribution >= 4 is 42.3 Å². The average molecular weight is 547 g/mol. The molecule has 3 amide bonds. The van der Waals surface area contributed by atoms with Crippen LogP contribution in [0.2, 0.25) is 0 Å². The number of aliphatic carboxylic acids is 2. The summed E-state index contributed by atoms with van der Waals surface area (Å²) in [6.45, 7) is 0. The molecule has 0 spiro atoms. The molecule has 204 valence electrons. The fraction of sp³-hybridized carbons (Fsp3) is 0.320. The highest BCUT2D eigenvalue weighted by atomic mass is 32.1. The van der Waals surface area contributed by atoms with Crippen molar-refractivity contribution in [2.45, 2.75) is 43.4 Å². The van der Waals surface area contributed by atoms with Crippen LogP contribution >= 0.6 is 12.6 Å². The normalized spacial score (nSPS) is 13.8. The maximum Gasteiger partial charge on any atom is 0.326 e. The minimum absolute atomic E-state index is 0.00447. The van der Waals surface area contributed by atoms with Gasteiger partial charge in [0, 0.05) is 18.6 Å². The van der Waals surface area contributed by atoms with E-state index in [1.165, 1.54) is 12.1 Å². The second-order valence-electron chi connectivity index (χ2n) is 8.47. The first kappa shape index (κ1) is 30.1. The molecule has 2 rings (SSSR count). The molecule has 0 saturated carbocycles. The van der Waals surface area contributed by atoms with Crippen LogP contribution in [-0.2, 0) is 36.8 Å². The Kier molecular flexibility index (Phi) is 11.6. The lowest BCUT2D eigenvalue weighted by molar-refractivity contribution is -0.147. The number of hydrogen-bond donors (Lipinski definition) is 8. The van der Waals surface area contributed by atoms with Crippen LogP contribution in [0.5, 0.6) is 5.75 Å². The van der Waals surface area contributed by atoms with E-state index in [0.29, 0.717) is 11.1 Å². The number of phenols is 1. The first-order valence-corrected chi connectivity index (χ1v) is 12.2. The molecule has 0 radical (unpaired) electrons. The van der Waals surface area contributed by atoms with Gasteiger partial charge in [-0.05, 0) is 23.3 Å². The molecule has 0 saturated heterocycles. The number of carbonyl (C=O) groups excluding carboxylic acids is 3. The second kappa shape index (κ2) is 14.6. The van der Waals surface area contributed by atoms with Crippen LogP contribution < -0.4 is 21.7 Å². The van der Waals surface area contributed by atoms with Gasteiger partial charge >= 0.3 is 11.9 Å². The van der Waals surface area contributed by atoms with Gasteiger partial charge in [-0.15, -0.1) is 0 Å². The Balaban J connectivity index is 2.31. The van der Waals surface area contributed by atoms with Crippen molar-refractivity contribution in [2.75, 3.05) is 5.75 Å². The van der Waals surface area contributed by atoms with Gasteiger partial charge in [0.1, 0.15) is 23.9 Å². The highest BCUT2D eigenvalue weighted by molar-refractivity contribution is 7.80. The average Bonchev–Trinajstić information content (AvgIpc) is 2.88. The Labute approximate surface area is 224 Å². The van der Waals surface area contributed by atoms with Gasteiger partial charge in [0.2, 0.25) is 17.7 Å². The number of carbonyl (C=O) groups is 5. The van der Waals surface area contributed by atoms with Crippen LogP contribution in [-0.4, -0.2) is 74.9 Å². The molecule has 13 heteroatoms. The van der Waals surface area contributed by atoms with Gasteiger partial charge in [-0.3, -0.25) is 19.2 Å². The number of carboxylic acid groups (broad SMARTS) is 2. The van der Waals surface area contributed by atoms with E-state index in [9.17, 15) is 34.2 Å². The van der Waals surface area contributed by atoms with E-state index in [1.54, 1.807) is 42.5 Å². The van der Waals surface area contributed by atoms with Crippen molar-refractivity contribution < 1.29 is 39.3 Å². The smallest absolute Gasteiger partial charge is 0.326 e. The van der Waals surface area contributed by atoms with Gasteiger partial charge < -0.3 is 37.0 Å². The molecule has 0 aliphatic rings. The minimum atomic E-state index is -1.73. The first-order valence-electron chi connectivity index (χ1n) is 11.5. The molecule has 38 heavy (non-hydrogen) atoms. The number of nitrogens with two attached hydrogens (primary N) is 1. The summed E-state index contributed by atoms with van der Waals surface area (Å²) in [5, 5.41) is 35.1. The van der Waals surface area contributed by atoms with E-state index < -0.39 is 60.2 Å². The van der Waals surface area contributed by atoms with E-state index in [4.69, 9.17) is 10.8 Å². The third-order valence-corrected chi connectivity index (χ3v) is 5.84. The Morgan fingerprint density at radius 3 is 1.68 bits per heavy atom. The summed E-state index contributed by atoms with van der Waals surface area (Å²) in [6, 6.07) is 9.24. The summed E-state index contributed by atoms with van der Waals surface area (Å²) in [4.78, 5) is 61.4.